The fraction of sp³-hybridized carbons (Fsp3) is 0.333. The molecule has 2 aromatic rings. The first-order valence-electron chi connectivity index (χ1n) is 7.09. The van der Waals surface area contributed by atoms with Gasteiger partial charge in [-0.1, -0.05) is 0 Å². The molecule has 1 atom stereocenters. The number of carbonyl (C=O) groups is 1. The lowest BCUT2D eigenvalue weighted by Crippen LogP contribution is -2.31. The third-order valence-corrected chi connectivity index (χ3v) is 3.92. The molecule has 7 nitrogen and oxygen atoms in total. The largest absolute Gasteiger partial charge is 0.477 e. The Hall–Kier alpha value is -2.22. The van der Waals surface area contributed by atoms with Gasteiger partial charge < -0.3 is 14.4 Å². The summed E-state index contributed by atoms with van der Waals surface area (Å²) in [6.07, 6.45) is 6.89. The Kier molecular flexibility index (Phi) is 4.71. The first-order valence-corrected chi connectivity index (χ1v) is 7.88. The number of likely N-dealkylation sites (tertiary alicyclic amines) is 1. The maximum absolute atomic E-state index is 12.5. The van der Waals surface area contributed by atoms with E-state index in [2.05, 4.69) is 30.9 Å². The van der Waals surface area contributed by atoms with Gasteiger partial charge in [-0.3, -0.25) is 9.78 Å². The summed E-state index contributed by atoms with van der Waals surface area (Å²) in [7, 11) is 1.52. The summed E-state index contributed by atoms with van der Waals surface area (Å²) in [6, 6.07) is 1.76. The summed E-state index contributed by atoms with van der Waals surface area (Å²) in [5, 5.41) is 0. The van der Waals surface area contributed by atoms with Gasteiger partial charge in [0.05, 0.1) is 19.2 Å². The molecule has 1 fully saturated rings. The van der Waals surface area contributed by atoms with Gasteiger partial charge >= 0.3 is 0 Å². The van der Waals surface area contributed by atoms with Crippen LogP contribution in [0, 0.1) is 0 Å². The molecule has 1 aliphatic heterocycles. The summed E-state index contributed by atoms with van der Waals surface area (Å²) < 4.78 is 11.7. The number of carbonyl (C=O) groups excluding carboxylic acids is 1. The quantitative estimate of drug-likeness (QED) is 0.808. The Labute approximate surface area is 141 Å². The average molecular weight is 379 g/mol. The molecular formula is C15H15BrN4O3. The smallest absolute Gasteiger partial charge is 0.278 e. The molecule has 3 heterocycles. The molecule has 0 N–H and O–H groups in total. The number of aromatic nitrogens is 3. The van der Waals surface area contributed by atoms with Crippen molar-refractivity contribution in [2.75, 3.05) is 20.2 Å². The number of pyridine rings is 1. The molecule has 0 aromatic carbocycles. The van der Waals surface area contributed by atoms with Crippen molar-refractivity contribution in [2.45, 2.75) is 12.5 Å². The highest BCUT2D eigenvalue weighted by molar-refractivity contribution is 9.10. The number of ether oxygens (including phenoxy) is 2. The Bertz CT molecular complexity index is 713. The second-order valence-electron chi connectivity index (χ2n) is 5.04. The molecule has 1 amide bonds. The number of hydrogen-bond donors (Lipinski definition) is 0. The summed E-state index contributed by atoms with van der Waals surface area (Å²) in [5.41, 5.74) is 0.553. The van der Waals surface area contributed by atoms with E-state index in [1.807, 2.05) is 0 Å². The minimum Gasteiger partial charge on any atom is -0.477 e. The third kappa shape index (κ3) is 3.58. The number of halogens is 1. The molecule has 1 saturated heterocycles. The van der Waals surface area contributed by atoms with Crippen LogP contribution in [-0.2, 0) is 0 Å². The van der Waals surface area contributed by atoms with E-state index in [1.54, 1.807) is 29.6 Å². The number of rotatable bonds is 4. The maximum atomic E-state index is 12.5. The van der Waals surface area contributed by atoms with Gasteiger partial charge in [-0.05, 0) is 22.0 Å². The predicted molar refractivity (Wildman–Crippen MR) is 85.5 cm³/mol. The molecule has 2 aromatic heterocycles. The van der Waals surface area contributed by atoms with E-state index in [0.717, 1.165) is 10.9 Å². The van der Waals surface area contributed by atoms with Crippen LogP contribution in [0.15, 0.2) is 35.3 Å². The van der Waals surface area contributed by atoms with Gasteiger partial charge in [-0.2, -0.15) is 0 Å². The molecule has 3 rings (SSSR count). The SMILES string of the molecule is COc1nccnc1OC1CCN(C(=O)c2cncc(Br)c2)C1. The van der Waals surface area contributed by atoms with Gasteiger partial charge in [0.2, 0.25) is 0 Å². The Morgan fingerprint density at radius 2 is 2.09 bits per heavy atom. The van der Waals surface area contributed by atoms with Crippen LogP contribution in [0.4, 0.5) is 0 Å². The molecule has 0 radical (unpaired) electrons. The number of methoxy groups -OCH3 is 1. The van der Waals surface area contributed by atoms with Crippen LogP contribution in [0.3, 0.4) is 0 Å². The lowest BCUT2D eigenvalue weighted by molar-refractivity contribution is 0.0769. The normalized spacial score (nSPS) is 17.1. The van der Waals surface area contributed by atoms with Crippen molar-refractivity contribution in [2.24, 2.45) is 0 Å². The second kappa shape index (κ2) is 6.91. The van der Waals surface area contributed by atoms with Crippen molar-refractivity contribution in [3.63, 3.8) is 0 Å². The van der Waals surface area contributed by atoms with Gasteiger partial charge in [-0.15, -0.1) is 0 Å². The van der Waals surface area contributed by atoms with Crippen molar-refractivity contribution < 1.29 is 14.3 Å². The van der Waals surface area contributed by atoms with Crippen LogP contribution in [0.1, 0.15) is 16.8 Å². The molecule has 0 aliphatic carbocycles. The first kappa shape index (κ1) is 15.7. The van der Waals surface area contributed by atoms with Crippen molar-refractivity contribution in [3.05, 3.63) is 40.9 Å². The number of nitrogens with zero attached hydrogens (tertiary/aromatic N) is 4. The lowest BCUT2D eigenvalue weighted by atomic mass is 10.2. The molecule has 8 heteroatoms. The zero-order chi connectivity index (χ0) is 16.2. The summed E-state index contributed by atoms with van der Waals surface area (Å²) in [6.45, 7) is 1.11. The van der Waals surface area contributed by atoms with Crippen LogP contribution < -0.4 is 9.47 Å². The molecule has 1 unspecified atom stereocenters. The minimum absolute atomic E-state index is 0.0592. The van der Waals surface area contributed by atoms with Crippen LogP contribution in [-0.4, -0.2) is 52.1 Å². The predicted octanol–water partition coefficient (Wildman–Crippen LogP) is 1.94. The zero-order valence-corrected chi connectivity index (χ0v) is 14.1. The Balaban J connectivity index is 1.65. The van der Waals surface area contributed by atoms with E-state index in [1.165, 1.54) is 13.3 Å². The number of hydrogen-bond acceptors (Lipinski definition) is 6. The minimum atomic E-state index is -0.135. The van der Waals surface area contributed by atoms with E-state index < -0.39 is 0 Å². The highest BCUT2D eigenvalue weighted by Gasteiger charge is 2.29. The molecule has 23 heavy (non-hydrogen) atoms. The Morgan fingerprint density at radius 1 is 1.30 bits per heavy atom. The van der Waals surface area contributed by atoms with Crippen LogP contribution in [0.25, 0.3) is 0 Å². The summed E-state index contributed by atoms with van der Waals surface area (Å²) >= 11 is 3.32. The molecule has 0 spiro atoms. The van der Waals surface area contributed by atoms with Crippen molar-refractivity contribution in [3.8, 4) is 11.8 Å². The molecular weight excluding hydrogens is 364 g/mol. The monoisotopic (exact) mass is 378 g/mol. The van der Waals surface area contributed by atoms with Gasteiger partial charge in [0.1, 0.15) is 6.10 Å². The van der Waals surface area contributed by atoms with Crippen molar-refractivity contribution >= 4 is 21.8 Å². The number of amides is 1. The summed E-state index contributed by atoms with van der Waals surface area (Å²) in [5.74, 6) is 0.628. The summed E-state index contributed by atoms with van der Waals surface area (Å²) in [4.78, 5) is 26.4. The van der Waals surface area contributed by atoms with Crippen LogP contribution in [0.2, 0.25) is 0 Å². The highest BCUT2D eigenvalue weighted by atomic mass is 79.9. The van der Waals surface area contributed by atoms with E-state index in [4.69, 9.17) is 9.47 Å². The molecule has 120 valence electrons. The van der Waals surface area contributed by atoms with Crippen LogP contribution >= 0.6 is 15.9 Å². The third-order valence-electron chi connectivity index (χ3n) is 3.49. The molecule has 0 saturated carbocycles. The lowest BCUT2D eigenvalue weighted by Gasteiger charge is -2.17. The van der Waals surface area contributed by atoms with E-state index in [-0.39, 0.29) is 12.0 Å². The van der Waals surface area contributed by atoms with Gasteiger partial charge in [-0.25, -0.2) is 9.97 Å². The van der Waals surface area contributed by atoms with Crippen molar-refractivity contribution in [1.29, 1.82) is 0 Å². The fourth-order valence-corrected chi connectivity index (χ4v) is 2.78. The topological polar surface area (TPSA) is 77.4 Å². The maximum Gasteiger partial charge on any atom is 0.278 e. The molecule has 1 aliphatic rings. The molecule has 0 bridgehead atoms. The first-order chi connectivity index (χ1) is 11.2. The second-order valence-corrected chi connectivity index (χ2v) is 5.96. The van der Waals surface area contributed by atoms with Crippen LogP contribution in [0.5, 0.6) is 11.8 Å². The van der Waals surface area contributed by atoms with E-state index >= 15 is 0 Å². The fourth-order valence-electron chi connectivity index (χ4n) is 2.41. The zero-order valence-electron chi connectivity index (χ0n) is 12.5. The van der Waals surface area contributed by atoms with Crippen molar-refractivity contribution in [1.82, 2.24) is 19.9 Å². The van der Waals surface area contributed by atoms with Gasteiger partial charge in [0, 0.05) is 42.2 Å². The van der Waals surface area contributed by atoms with E-state index in [9.17, 15) is 4.79 Å². The van der Waals surface area contributed by atoms with Gasteiger partial charge in [0.15, 0.2) is 0 Å². The van der Waals surface area contributed by atoms with E-state index in [0.29, 0.717) is 30.4 Å². The van der Waals surface area contributed by atoms with Gasteiger partial charge in [0.25, 0.3) is 17.7 Å². The standard InChI is InChI=1S/C15H15BrN4O3/c1-22-13-14(19-4-3-18-13)23-12-2-5-20(9-12)15(21)10-6-11(16)8-17-7-10/h3-4,6-8,12H,2,5,9H2,1H3. The average Bonchev–Trinajstić information content (AvgIpc) is 3.03. The highest BCUT2D eigenvalue weighted by Crippen LogP contribution is 2.24. The Morgan fingerprint density at radius 3 is 2.83 bits per heavy atom.